The second kappa shape index (κ2) is 11.5. The number of aliphatic carboxylic acids is 1. The number of carbonyl (C=O) groups is 2. The van der Waals surface area contributed by atoms with E-state index < -0.39 is 25.4 Å². The molecule has 0 saturated heterocycles. The van der Waals surface area contributed by atoms with Crippen molar-refractivity contribution in [2.45, 2.75) is 13.0 Å². The quantitative estimate of drug-likeness (QED) is 0.473. The van der Waals surface area contributed by atoms with Gasteiger partial charge in [-0.15, -0.1) is 0 Å². The number of alkyl carbamates (subject to hydrolysis) is 1. The van der Waals surface area contributed by atoms with Crippen LogP contribution in [0.15, 0.2) is 91.0 Å². The zero-order valence-corrected chi connectivity index (χ0v) is 18.8. The Morgan fingerprint density at radius 1 is 0.839 bits per heavy atom. The van der Waals surface area contributed by atoms with Crippen molar-refractivity contribution in [1.82, 2.24) is 5.32 Å². The van der Waals surface area contributed by atoms with Gasteiger partial charge in [0.1, 0.15) is 42.0 Å². The van der Waals surface area contributed by atoms with Gasteiger partial charge in [-0.05, 0) is 43.3 Å². The first-order valence-electron chi connectivity index (χ1n) is 9.75. The second-order valence-corrected chi connectivity index (χ2v) is 10.5. The van der Waals surface area contributed by atoms with Crippen molar-refractivity contribution in [2.75, 3.05) is 12.8 Å². The summed E-state index contributed by atoms with van der Waals surface area (Å²) in [6.45, 7) is 1.57. The minimum Gasteiger partial charge on any atom is -1.00 e. The van der Waals surface area contributed by atoms with Crippen molar-refractivity contribution in [3.63, 3.8) is 0 Å². The SMILES string of the molecule is C[C@H](NC(=O)OCC[P+](c1ccccc1)(c1ccccc1)c1ccccc1)C(=O)O.[Cl-]. The topological polar surface area (TPSA) is 75.6 Å². The highest BCUT2D eigenvalue weighted by atomic mass is 35.5. The van der Waals surface area contributed by atoms with Crippen molar-refractivity contribution < 1.29 is 31.8 Å². The zero-order valence-electron chi connectivity index (χ0n) is 17.1. The van der Waals surface area contributed by atoms with Gasteiger partial charge in [0, 0.05) is 0 Å². The van der Waals surface area contributed by atoms with Crippen LogP contribution < -0.4 is 33.6 Å². The summed E-state index contributed by atoms with van der Waals surface area (Å²) in [6.07, 6.45) is -0.114. The molecule has 0 spiro atoms. The van der Waals surface area contributed by atoms with Gasteiger partial charge in [0.05, 0.1) is 0 Å². The number of carboxylic acid groups (broad SMARTS) is 1. The number of carbonyl (C=O) groups excluding carboxylic acids is 1. The summed E-state index contributed by atoms with van der Waals surface area (Å²) >= 11 is 0. The Morgan fingerprint density at radius 2 is 1.23 bits per heavy atom. The highest BCUT2D eigenvalue weighted by Gasteiger charge is 2.45. The largest absolute Gasteiger partial charge is 1.00 e. The fourth-order valence-electron chi connectivity index (χ4n) is 3.44. The third kappa shape index (κ3) is 5.84. The summed E-state index contributed by atoms with van der Waals surface area (Å²) in [4.78, 5) is 23.0. The molecule has 0 radical (unpaired) electrons. The van der Waals surface area contributed by atoms with E-state index in [1.165, 1.54) is 22.8 Å². The predicted octanol–water partition coefficient (Wildman–Crippen LogP) is 0.184. The molecular formula is C24H25ClNO4P. The molecule has 3 aromatic rings. The Hall–Kier alpha value is -2.88. The van der Waals surface area contributed by atoms with E-state index in [0.717, 1.165) is 0 Å². The molecule has 0 heterocycles. The molecule has 1 atom stereocenters. The number of hydrogen-bond acceptors (Lipinski definition) is 3. The first-order valence-corrected chi connectivity index (χ1v) is 11.7. The highest BCUT2D eigenvalue weighted by molar-refractivity contribution is 7.95. The molecule has 0 saturated carbocycles. The van der Waals surface area contributed by atoms with Gasteiger partial charge in [-0.2, -0.15) is 0 Å². The normalized spacial score (nSPS) is 11.6. The summed E-state index contributed by atoms with van der Waals surface area (Å²) in [5, 5.41) is 14.9. The fraction of sp³-hybridized carbons (Fsp3) is 0.167. The zero-order chi connectivity index (χ0) is 21.4. The van der Waals surface area contributed by atoms with Crippen LogP contribution in [-0.4, -0.2) is 36.0 Å². The molecule has 1 amide bonds. The minimum atomic E-state index is -2.08. The molecule has 31 heavy (non-hydrogen) atoms. The number of nitrogens with one attached hydrogen (secondary N) is 1. The van der Waals surface area contributed by atoms with Crippen molar-refractivity contribution >= 4 is 35.2 Å². The van der Waals surface area contributed by atoms with Gasteiger partial charge in [0.15, 0.2) is 0 Å². The van der Waals surface area contributed by atoms with E-state index in [0.29, 0.717) is 6.16 Å². The number of rotatable bonds is 8. The van der Waals surface area contributed by atoms with Crippen LogP contribution in [0.3, 0.4) is 0 Å². The maximum Gasteiger partial charge on any atom is 0.407 e. The van der Waals surface area contributed by atoms with Crippen molar-refractivity contribution in [3.05, 3.63) is 91.0 Å². The molecule has 3 rings (SSSR count). The van der Waals surface area contributed by atoms with Crippen LogP contribution in [-0.2, 0) is 9.53 Å². The van der Waals surface area contributed by atoms with Crippen LogP contribution >= 0.6 is 7.26 Å². The van der Waals surface area contributed by atoms with Crippen molar-refractivity contribution in [3.8, 4) is 0 Å². The molecule has 2 N–H and O–H groups in total. The Morgan fingerprint density at radius 3 is 1.58 bits per heavy atom. The van der Waals surface area contributed by atoms with Gasteiger partial charge in [-0.25, -0.2) is 4.79 Å². The van der Waals surface area contributed by atoms with Crippen molar-refractivity contribution in [1.29, 1.82) is 0 Å². The van der Waals surface area contributed by atoms with Gasteiger partial charge < -0.3 is 27.6 Å². The van der Waals surface area contributed by atoms with E-state index in [1.54, 1.807) is 0 Å². The lowest BCUT2D eigenvalue weighted by atomic mass is 10.4. The average Bonchev–Trinajstić information content (AvgIpc) is 2.78. The molecule has 0 aliphatic rings. The first kappa shape index (κ1) is 24.4. The van der Waals surface area contributed by atoms with Crippen LogP contribution in [0, 0.1) is 0 Å². The van der Waals surface area contributed by atoms with Crippen LogP contribution in [0.25, 0.3) is 0 Å². The first-order chi connectivity index (χ1) is 14.5. The Kier molecular flexibility index (Phi) is 9.04. The molecule has 7 heteroatoms. The fourth-order valence-corrected chi connectivity index (χ4v) is 7.51. The molecule has 0 bridgehead atoms. The smallest absolute Gasteiger partial charge is 0.407 e. The van der Waals surface area contributed by atoms with Gasteiger partial charge in [0.2, 0.25) is 0 Å². The standard InChI is InChI=1S/C24H24NO4P.ClH/c1-19(23(26)27)25-24(28)29-17-18-30(20-11-5-2-6-12-20,21-13-7-3-8-14-21)22-15-9-4-10-16-22;/h2-16,19H,17-18H2,1H3,(H-,25,26,27,28);1H/t19-;/m0./s1. The van der Waals surface area contributed by atoms with Gasteiger partial charge >= 0.3 is 12.1 Å². The molecule has 3 aromatic carbocycles. The molecule has 0 aromatic heterocycles. The van der Waals surface area contributed by atoms with E-state index in [1.807, 2.05) is 54.6 Å². The molecule has 162 valence electrons. The number of halogens is 1. The molecule has 0 aliphatic heterocycles. The monoisotopic (exact) mass is 457 g/mol. The van der Waals surface area contributed by atoms with E-state index in [-0.39, 0.29) is 19.0 Å². The van der Waals surface area contributed by atoms with Crippen LogP contribution in [0.2, 0.25) is 0 Å². The Bertz CT molecular complexity index is 874. The van der Waals surface area contributed by atoms with E-state index in [4.69, 9.17) is 9.84 Å². The predicted molar refractivity (Wildman–Crippen MR) is 122 cm³/mol. The number of hydrogen-bond donors (Lipinski definition) is 2. The molecule has 5 nitrogen and oxygen atoms in total. The summed E-state index contributed by atoms with van der Waals surface area (Å²) in [5.41, 5.74) is 0. The maximum absolute atomic E-state index is 12.1. The highest BCUT2D eigenvalue weighted by Crippen LogP contribution is 2.54. The Labute approximate surface area is 189 Å². The minimum absolute atomic E-state index is 0. The number of carboxylic acids is 1. The van der Waals surface area contributed by atoms with E-state index in [9.17, 15) is 9.59 Å². The number of amides is 1. The van der Waals surface area contributed by atoms with E-state index >= 15 is 0 Å². The Balaban J connectivity index is 0.00000341. The lowest BCUT2D eigenvalue weighted by Crippen LogP contribution is -3.00. The van der Waals surface area contributed by atoms with Gasteiger partial charge in [0.25, 0.3) is 0 Å². The van der Waals surface area contributed by atoms with Crippen LogP contribution in [0.5, 0.6) is 0 Å². The van der Waals surface area contributed by atoms with Crippen LogP contribution in [0.4, 0.5) is 4.79 Å². The molecule has 0 fully saturated rings. The average molecular weight is 458 g/mol. The summed E-state index contributed by atoms with van der Waals surface area (Å²) < 4.78 is 5.40. The molecule has 0 aliphatic carbocycles. The summed E-state index contributed by atoms with van der Waals surface area (Å²) in [6, 6.07) is 29.9. The van der Waals surface area contributed by atoms with Gasteiger partial charge in [-0.3, -0.25) is 4.79 Å². The second-order valence-electron chi connectivity index (χ2n) is 6.88. The van der Waals surface area contributed by atoms with Crippen molar-refractivity contribution in [2.24, 2.45) is 0 Å². The van der Waals surface area contributed by atoms with Crippen LogP contribution in [0.1, 0.15) is 6.92 Å². The summed E-state index contributed by atoms with van der Waals surface area (Å²) in [5.74, 6) is -1.10. The molecular weight excluding hydrogens is 433 g/mol. The van der Waals surface area contributed by atoms with E-state index in [2.05, 4.69) is 41.7 Å². The summed E-state index contributed by atoms with van der Waals surface area (Å²) in [7, 11) is -2.08. The third-order valence-corrected chi connectivity index (χ3v) is 9.35. The number of ether oxygens (including phenoxy) is 1. The lowest BCUT2D eigenvalue weighted by Gasteiger charge is -2.27. The molecule has 0 unspecified atom stereocenters. The maximum atomic E-state index is 12.1. The lowest BCUT2D eigenvalue weighted by molar-refractivity contribution is -0.138. The number of benzene rings is 3. The third-order valence-electron chi connectivity index (χ3n) is 4.96. The van der Waals surface area contributed by atoms with Gasteiger partial charge in [-0.1, -0.05) is 54.6 Å².